The topological polar surface area (TPSA) is 125 Å². The second kappa shape index (κ2) is 9.94. The van der Waals surface area contributed by atoms with Gasteiger partial charge >= 0.3 is 0 Å². The lowest BCUT2D eigenvalue weighted by Crippen LogP contribution is -2.49. The van der Waals surface area contributed by atoms with E-state index in [1.54, 1.807) is 12.1 Å². The van der Waals surface area contributed by atoms with Gasteiger partial charge in [-0.15, -0.1) is 0 Å². The number of benzene rings is 2. The lowest BCUT2D eigenvalue weighted by atomic mass is 10.2. The van der Waals surface area contributed by atoms with Gasteiger partial charge in [-0.2, -0.15) is 4.31 Å². The van der Waals surface area contributed by atoms with Gasteiger partial charge in [-0.1, -0.05) is 17.7 Å². The van der Waals surface area contributed by atoms with Gasteiger partial charge in [0.15, 0.2) is 0 Å². The van der Waals surface area contributed by atoms with E-state index in [0.717, 1.165) is 22.0 Å². The summed E-state index contributed by atoms with van der Waals surface area (Å²) in [6.45, 7) is 0.838. The van der Waals surface area contributed by atoms with Crippen molar-refractivity contribution in [2.75, 3.05) is 20.1 Å². The predicted octanol–water partition coefficient (Wildman–Crippen LogP) is 0.332. The van der Waals surface area contributed by atoms with E-state index in [0.29, 0.717) is 0 Å². The third kappa shape index (κ3) is 6.36. The van der Waals surface area contributed by atoms with Gasteiger partial charge in [0, 0.05) is 12.6 Å². The highest BCUT2D eigenvalue weighted by atomic mass is 32.2. The molecule has 2 aromatic carbocycles. The van der Waals surface area contributed by atoms with Crippen LogP contribution in [-0.2, 0) is 19.6 Å². The smallest absolute Gasteiger partial charge is 0.257 e. The zero-order chi connectivity index (χ0) is 22.3. The van der Waals surface area contributed by atoms with Crippen molar-refractivity contribution in [3.63, 3.8) is 0 Å². The van der Waals surface area contributed by atoms with E-state index in [9.17, 15) is 27.2 Å². The maximum absolute atomic E-state index is 12.8. The zero-order valence-electron chi connectivity index (χ0n) is 16.3. The molecule has 0 heterocycles. The zero-order valence-corrected chi connectivity index (χ0v) is 17.1. The van der Waals surface area contributed by atoms with Crippen molar-refractivity contribution in [3.8, 4) is 0 Å². The van der Waals surface area contributed by atoms with E-state index in [4.69, 9.17) is 0 Å². The fraction of sp³-hybridized carbons (Fsp3) is 0.211. The Bertz CT molecular complexity index is 1020. The second-order valence-corrected chi connectivity index (χ2v) is 8.40. The lowest BCUT2D eigenvalue weighted by Gasteiger charge is -2.17. The largest absolute Gasteiger partial charge is 0.343 e. The van der Waals surface area contributed by atoms with E-state index in [1.165, 1.54) is 31.3 Å². The number of halogens is 1. The molecule has 0 aliphatic carbocycles. The van der Waals surface area contributed by atoms with E-state index in [2.05, 4.69) is 16.2 Å². The monoisotopic (exact) mass is 436 g/mol. The minimum Gasteiger partial charge on any atom is -0.343 e. The van der Waals surface area contributed by atoms with E-state index >= 15 is 0 Å². The predicted molar refractivity (Wildman–Crippen MR) is 106 cm³/mol. The highest BCUT2D eigenvalue weighted by Crippen LogP contribution is 2.14. The van der Waals surface area contributed by atoms with Crippen molar-refractivity contribution in [2.24, 2.45) is 0 Å². The Labute approximate surface area is 173 Å². The minimum atomic E-state index is -3.87. The van der Waals surface area contributed by atoms with Crippen LogP contribution < -0.4 is 16.2 Å². The summed E-state index contributed by atoms with van der Waals surface area (Å²) < 4.78 is 38.6. The van der Waals surface area contributed by atoms with Crippen LogP contribution in [0.1, 0.15) is 15.9 Å². The molecule has 0 aromatic heterocycles. The number of nitrogens with zero attached hydrogens (tertiary/aromatic N) is 1. The first-order valence-electron chi connectivity index (χ1n) is 8.74. The van der Waals surface area contributed by atoms with Gasteiger partial charge in [-0.25, -0.2) is 12.8 Å². The number of nitrogens with one attached hydrogen (secondary N) is 3. The third-order valence-corrected chi connectivity index (χ3v) is 5.77. The number of hydrogen-bond donors (Lipinski definition) is 3. The molecule has 0 saturated heterocycles. The number of likely N-dealkylation sites (N-methyl/N-ethyl adjacent to an activating group) is 1. The van der Waals surface area contributed by atoms with Gasteiger partial charge in [0.1, 0.15) is 5.82 Å². The molecule has 0 bridgehead atoms. The Kier molecular flexibility index (Phi) is 7.61. The summed E-state index contributed by atoms with van der Waals surface area (Å²) in [6.07, 6.45) is 0. The molecule has 2 aromatic rings. The fourth-order valence-corrected chi connectivity index (χ4v) is 3.39. The number of hydrogen-bond acceptors (Lipinski definition) is 5. The summed E-state index contributed by atoms with van der Waals surface area (Å²) in [4.78, 5) is 35.5. The van der Waals surface area contributed by atoms with Crippen LogP contribution in [0, 0.1) is 12.7 Å². The van der Waals surface area contributed by atoms with Gasteiger partial charge in [-0.3, -0.25) is 25.2 Å². The Morgan fingerprint density at radius 1 is 0.933 bits per heavy atom. The average Bonchev–Trinajstić information content (AvgIpc) is 2.71. The van der Waals surface area contributed by atoms with E-state index < -0.39 is 46.7 Å². The molecular weight excluding hydrogens is 415 g/mol. The normalized spacial score (nSPS) is 11.1. The van der Waals surface area contributed by atoms with E-state index in [1.807, 2.05) is 6.92 Å². The second-order valence-electron chi connectivity index (χ2n) is 6.36. The molecule has 0 atom stereocenters. The molecule has 0 aliphatic rings. The highest BCUT2D eigenvalue weighted by molar-refractivity contribution is 7.89. The van der Waals surface area contributed by atoms with Crippen LogP contribution in [0.3, 0.4) is 0 Å². The molecular formula is C19H21FN4O5S. The van der Waals surface area contributed by atoms with Gasteiger partial charge in [0.2, 0.25) is 10.0 Å². The molecule has 9 nitrogen and oxygen atoms in total. The molecule has 0 saturated carbocycles. The number of hydrazine groups is 1. The Balaban J connectivity index is 1.79. The molecule has 0 aliphatic heterocycles. The Morgan fingerprint density at radius 2 is 1.50 bits per heavy atom. The van der Waals surface area contributed by atoms with Gasteiger partial charge in [-0.05, 0) is 43.3 Å². The molecule has 0 fully saturated rings. The molecule has 0 radical (unpaired) electrons. The highest BCUT2D eigenvalue weighted by Gasteiger charge is 2.23. The number of aryl methyl sites for hydroxylation is 1. The number of carbonyl (C=O) groups excluding carboxylic acids is 3. The first-order valence-corrected chi connectivity index (χ1v) is 10.2. The van der Waals surface area contributed by atoms with Crippen molar-refractivity contribution < 1.29 is 27.2 Å². The molecule has 11 heteroatoms. The van der Waals surface area contributed by atoms with Gasteiger partial charge in [0.05, 0.1) is 18.0 Å². The number of carbonyl (C=O) groups is 3. The minimum absolute atomic E-state index is 0.0379. The summed E-state index contributed by atoms with van der Waals surface area (Å²) in [6, 6.07) is 10.9. The lowest BCUT2D eigenvalue weighted by molar-refractivity contribution is -0.128. The van der Waals surface area contributed by atoms with Gasteiger partial charge in [0.25, 0.3) is 17.7 Å². The van der Waals surface area contributed by atoms with Crippen molar-refractivity contribution in [1.29, 1.82) is 0 Å². The van der Waals surface area contributed by atoms with Crippen LogP contribution in [0.4, 0.5) is 4.39 Å². The van der Waals surface area contributed by atoms with Crippen molar-refractivity contribution in [2.45, 2.75) is 11.8 Å². The maximum Gasteiger partial charge on any atom is 0.257 e. The standard InChI is InChI=1S/C19H21FN4O5S/c1-13-3-9-16(10-4-13)30(28,29)24(2)12-18(26)23-22-17(25)11-21-19(27)14-5-7-15(20)8-6-14/h3-10H,11-12H2,1-2H3,(H,21,27)(H,22,25)(H,23,26). The molecule has 2 rings (SSSR count). The van der Waals surface area contributed by atoms with Crippen LogP contribution in [0.2, 0.25) is 0 Å². The number of amides is 3. The van der Waals surface area contributed by atoms with Crippen molar-refractivity contribution in [1.82, 2.24) is 20.5 Å². The molecule has 160 valence electrons. The van der Waals surface area contributed by atoms with Crippen molar-refractivity contribution in [3.05, 3.63) is 65.5 Å². The van der Waals surface area contributed by atoms with Gasteiger partial charge < -0.3 is 5.32 Å². The molecule has 0 unspecified atom stereocenters. The van der Waals surface area contributed by atoms with Crippen LogP contribution >= 0.6 is 0 Å². The summed E-state index contributed by atoms with van der Waals surface area (Å²) in [5, 5.41) is 2.30. The fourth-order valence-electron chi connectivity index (χ4n) is 2.26. The summed E-state index contributed by atoms with van der Waals surface area (Å²) in [5.74, 6) is -2.60. The average molecular weight is 436 g/mol. The van der Waals surface area contributed by atoms with Crippen LogP contribution in [-0.4, -0.2) is 50.6 Å². The molecule has 3 N–H and O–H groups in total. The number of sulfonamides is 1. The third-order valence-electron chi connectivity index (χ3n) is 3.95. The van der Waals surface area contributed by atoms with Crippen LogP contribution in [0.5, 0.6) is 0 Å². The first kappa shape index (κ1) is 23.0. The molecule has 30 heavy (non-hydrogen) atoms. The van der Waals surface area contributed by atoms with E-state index in [-0.39, 0.29) is 10.5 Å². The Hall–Kier alpha value is -3.31. The first-order chi connectivity index (χ1) is 14.1. The number of rotatable bonds is 7. The van der Waals surface area contributed by atoms with Crippen molar-refractivity contribution >= 4 is 27.7 Å². The summed E-state index contributed by atoms with van der Waals surface area (Å²) >= 11 is 0. The van der Waals surface area contributed by atoms with Crippen LogP contribution in [0.25, 0.3) is 0 Å². The van der Waals surface area contributed by atoms with Crippen LogP contribution in [0.15, 0.2) is 53.4 Å². The SMILES string of the molecule is Cc1ccc(S(=O)(=O)N(C)CC(=O)NNC(=O)CNC(=O)c2ccc(F)cc2)cc1. The Morgan fingerprint density at radius 3 is 2.10 bits per heavy atom. The quantitative estimate of drug-likeness (QED) is 0.540. The molecule has 3 amide bonds. The maximum atomic E-state index is 12.8. The summed E-state index contributed by atoms with van der Waals surface area (Å²) in [5.41, 5.74) is 5.19. The summed E-state index contributed by atoms with van der Waals surface area (Å²) in [7, 11) is -2.63. The molecule has 0 spiro atoms.